The highest BCUT2D eigenvalue weighted by Gasteiger charge is 2.40. The number of hydrazine groups is 1. The van der Waals surface area contributed by atoms with Gasteiger partial charge in [0.15, 0.2) is 5.82 Å². The largest absolute Gasteiger partial charge is 0.469 e. The Morgan fingerprint density at radius 1 is 1.07 bits per heavy atom. The zero-order chi connectivity index (χ0) is 29.1. The van der Waals surface area contributed by atoms with Gasteiger partial charge >= 0.3 is 7.82 Å². The fourth-order valence-electron chi connectivity index (χ4n) is 5.25. The molecule has 0 spiro atoms. The van der Waals surface area contributed by atoms with Crippen LogP contribution in [0.3, 0.4) is 0 Å². The smallest absolute Gasteiger partial charge is 0.390 e. The summed E-state index contributed by atoms with van der Waals surface area (Å²) < 4.78 is 23.1. The van der Waals surface area contributed by atoms with Crippen LogP contribution >= 0.6 is 19.4 Å². The van der Waals surface area contributed by atoms with Crippen LogP contribution < -0.4 is 5.73 Å². The van der Waals surface area contributed by atoms with Crippen LogP contribution in [0.15, 0.2) is 11.3 Å². The molecule has 0 amide bonds. The molecular weight excluding hydrogens is 559 g/mol. The van der Waals surface area contributed by atoms with Gasteiger partial charge < -0.3 is 25.4 Å². The van der Waals surface area contributed by atoms with E-state index >= 15 is 0 Å². The van der Waals surface area contributed by atoms with Gasteiger partial charge in [0.2, 0.25) is 5.29 Å². The molecule has 3 heterocycles. The van der Waals surface area contributed by atoms with E-state index in [0.29, 0.717) is 11.5 Å². The summed E-state index contributed by atoms with van der Waals surface area (Å²) in [6, 6.07) is 0. The monoisotopic (exact) mass is 606 g/mol. The van der Waals surface area contributed by atoms with E-state index in [2.05, 4.69) is 33.4 Å². The van der Waals surface area contributed by atoms with E-state index in [-0.39, 0.29) is 11.7 Å². The summed E-state index contributed by atoms with van der Waals surface area (Å²) in [4.78, 5) is 27.1. The zero-order valence-electron chi connectivity index (χ0n) is 23.9. The lowest BCUT2D eigenvalue weighted by molar-refractivity contribution is -0.0432. The van der Waals surface area contributed by atoms with E-state index in [9.17, 15) is 9.67 Å². The number of aliphatic hydroxyl groups is 1. The molecule has 12 nitrogen and oxygen atoms in total. The summed E-state index contributed by atoms with van der Waals surface area (Å²) in [5.74, 6) is 0.446. The number of fused-ring (bicyclic) bond motifs is 1. The van der Waals surface area contributed by atoms with Gasteiger partial charge in [-0.25, -0.2) is 14.6 Å². The van der Waals surface area contributed by atoms with Crippen molar-refractivity contribution in [2.45, 2.75) is 122 Å². The number of phosphoric acid groups is 1. The molecule has 230 valence electrons. The molecule has 1 aromatic rings. The van der Waals surface area contributed by atoms with Crippen LogP contribution in [0.2, 0.25) is 0 Å². The number of hydrogen-bond donors (Lipinski definition) is 4. The summed E-state index contributed by atoms with van der Waals surface area (Å²) in [6.45, 7) is 5.65. The van der Waals surface area contributed by atoms with Crippen LogP contribution in [0.4, 0.5) is 5.82 Å². The predicted molar refractivity (Wildman–Crippen MR) is 155 cm³/mol. The van der Waals surface area contributed by atoms with Crippen molar-refractivity contribution in [3.05, 3.63) is 12.0 Å². The minimum absolute atomic E-state index is 0.173. The average Bonchev–Trinajstić information content (AvgIpc) is 3.49. The van der Waals surface area contributed by atoms with E-state index in [4.69, 9.17) is 31.9 Å². The number of hydrogen-bond acceptors (Lipinski definition) is 9. The highest BCUT2D eigenvalue weighted by atomic mass is 35.5. The van der Waals surface area contributed by atoms with E-state index in [1.165, 1.54) is 51.4 Å². The van der Waals surface area contributed by atoms with Gasteiger partial charge in [-0.2, -0.15) is 4.99 Å². The van der Waals surface area contributed by atoms with Gasteiger partial charge in [0.1, 0.15) is 24.2 Å². The van der Waals surface area contributed by atoms with Gasteiger partial charge in [-0.15, -0.1) is 0 Å². The number of aliphatic hydroxyl groups excluding tert-OH is 1. The molecule has 3 rings (SSSR count). The van der Waals surface area contributed by atoms with Gasteiger partial charge in [0.05, 0.1) is 19.0 Å². The second-order valence-corrected chi connectivity index (χ2v) is 12.3. The van der Waals surface area contributed by atoms with Crippen molar-refractivity contribution in [3.63, 3.8) is 0 Å². The third kappa shape index (κ3) is 9.74. The maximum atomic E-state index is 11.1. The lowest BCUT2D eigenvalue weighted by Gasteiger charge is -2.40. The molecular formula is C26H48ClN6O6P. The van der Waals surface area contributed by atoms with Gasteiger partial charge in [-0.3, -0.25) is 14.1 Å². The molecule has 5 N–H and O–H groups in total. The Morgan fingerprint density at radius 2 is 1.65 bits per heavy atom. The first-order valence-corrected chi connectivity index (χ1v) is 16.7. The molecule has 2 aliphatic heterocycles. The van der Waals surface area contributed by atoms with Crippen molar-refractivity contribution in [2.24, 2.45) is 10.7 Å². The number of imidazole rings is 1. The molecule has 0 aromatic carbocycles. The molecule has 4 atom stereocenters. The van der Waals surface area contributed by atoms with Gasteiger partial charge in [-0.1, -0.05) is 78.1 Å². The number of nitrogens with two attached hydrogens (primary N) is 1. The molecule has 0 radical (unpaired) electrons. The van der Waals surface area contributed by atoms with Crippen LogP contribution in [0, 0.1) is 0 Å². The average molecular weight is 607 g/mol. The van der Waals surface area contributed by atoms with E-state index in [0.717, 1.165) is 38.8 Å². The Labute approximate surface area is 243 Å². The molecule has 1 fully saturated rings. The fourth-order valence-corrected chi connectivity index (χ4v) is 5.88. The number of rotatable bonds is 19. The quantitative estimate of drug-likeness (QED) is 0.0950. The first kappa shape index (κ1) is 33.4. The number of aliphatic imine (C=N–C) groups is 1. The summed E-state index contributed by atoms with van der Waals surface area (Å²) in [5.41, 5.74) is 7.28. The van der Waals surface area contributed by atoms with Crippen LogP contribution in [-0.2, 0) is 13.8 Å². The standard InChI is InChI=1S/C26H48ClN6O6P/c1-3-5-7-9-11-13-15-31(16-14-12-10-8-6-4-2)33-24(28)23-25(30-26(33)27)32(19-29-23)22-17-20(34)21(39-22)18-38-40(35,36)37/h19-22,24,34H,3-18,28H2,1-2H3,(H2,35,36,37)/t20?,21-,22-,24?/m1/s1. The summed E-state index contributed by atoms with van der Waals surface area (Å²) in [6.07, 6.45) is 12.8. The van der Waals surface area contributed by atoms with Crippen molar-refractivity contribution in [2.75, 3.05) is 19.7 Å². The summed E-state index contributed by atoms with van der Waals surface area (Å²) >= 11 is 6.77. The molecule has 40 heavy (non-hydrogen) atoms. The van der Waals surface area contributed by atoms with E-state index < -0.39 is 39.0 Å². The second kappa shape index (κ2) is 16.5. The van der Waals surface area contributed by atoms with Crippen molar-refractivity contribution in [1.29, 1.82) is 0 Å². The lowest BCUT2D eigenvalue weighted by Crippen LogP contribution is -2.51. The Kier molecular flexibility index (Phi) is 13.8. The minimum Gasteiger partial charge on any atom is -0.390 e. The Morgan fingerprint density at radius 3 is 2.23 bits per heavy atom. The molecule has 0 aliphatic carbocycles. The number of aromatic nitrogens is 2. The van der Waals surface area contributed by atoms with Gasteiger partial charge in [-0.05, 0) is 24.4 Å². The van der Waals surface area contributed by atoms with Crippen LogP contribution in [0.25, 0.3) is 0 Å². The fraction of sp³-hybridized carbons (Fsp3) is 0.846. The van der Waals surface area contributed by atoms with Gasteiger partial charge in [0.25, 0.3) is 0 Å². The number of nitrogens with zero attached hydrogens (tertiary/aromatic N) is 5. The number of ether oxygens (including phenoxy) is 1. The second-order valence-electron chi connectivity index (χ2n) is 10.7. The van der Waals surface area contributed by atoms with Crippen LogP contribution in [-0.4, -0.2) is 71.7 Å². The summed E-state index contributed by atoms with van der Waals surface area (Å²) in [7, 11) is -4.68. The van der Waals surface area contributed by atoms with Crippen LogP contribution in [0.1, 0.15) is 115 Å². The summed E-state index contributed by atoms with van der Waals surface area (Å²) in [5, 5.41) is 14.7. The number of unbranched alkanes of at least 4 members (excludes halogenated alkanes) is 10. The molecule has 2 aliphatic rings. The maximum absolute atomic E-state index is 11.1. The molecule has 1 saturated heterocycles. The first-order valence-electron chi connectivity index (χ1n) is 14.8. The molecule has 2 unspecified atom stereocenters. The number of amidine groups is 1. The third-order valence-corrected chi connectivity index (χ3v) is 8.23. The van der Waals surface area contributed by atoms with E-state index in [1.807, 2.05) is 5.01 Å². The number of halogens is 1. The first-order chi connectivity index (χ1) is 19.2. The normalized spacial score (nSPS) is 23.2. The van der Waals surface area contributed by atoms with Crippen molar-refractivity contribution < 1.29 is 28.7 Å². The predicted octanol–water partition coefficient (Wildman–Crippen LogP) is 5.08. The third-order valence-electron chi connectivity index (χ3n) is 7.49. The topological polar surface area (TPSA) is 159 Å². The molecule has 0 saturated carbocycles. The minimum atomic E-state index is -4.68. The highest BCUT2D eigenvalue weighted by Crippen LogP contribution is 2.41. The highest BCUT2D eigenvalue weighted by molar-refractivity contribution is 7.46. The molecule has 0 bridgehead atoms. The van der Waals surface area contributed by atoms with Crippen molar-refractivity contribution in [1.82, 2.24) is 19.6 Å². The van der Waals surface area contributed by atoms with Crippen molar-refractivity contribution in [3.8, 4) is 0 Å². The Hall–Kier alpha value is -1.08. The molecule has 1 aromatic heterocycles. The number of phosphoric ester groups is 1. The SMILES string of the molecule is CCCCCCCCN(CCCCCCCC)N1C(Cl)=Nc2c(ncn2[C@H]2CC(O)[C@@H](COP(=O)(O)O)O2)C1N. The zero-order valence-corrected chi connectivity index (χ0v) is 25.6. The molecule has 14 heteroatoms. The lowest BCUT2D eigenvalue weighted by atomic mass is 10.1. The van der Waals surface area contributed by atoms with E-state index in [1.54, 1.807) is 10.9 Å². The van der Waals surface area contributed by atoms with Gasteiger partial charge in [0, 0.05) is 19.5 Å². The van der Waals surface area contributed by atoms with Crippen LogP contribution in [0.5, 0.6) is 0 Å². The Bertz CT molecular complexity index is 961. The maximum Gasteiger partial charge on any atom is 0.469 e. The Balaban J connectivity index is 1.68. The van der Waals surface area contributed by atoms with Crippen molar-refractivity contribution >= 4 is 30.5 Å².